The molecular formula is C16H24Cl2N2O3. The van der Waals surface area contributed by atoms with Gasteiger partial charge in [-0.05, 0) is 50.1 Å². The lowest BCUT2D eigenvalue weighted by molar-refractivity contribution is -0.136. The van der Waals surface area contributed by atoms with Crippen molar-refractivity contribution in [3.05, 3.63) is 29.3 Å². The number of hydrogen-bond acceptors (Lipinski definition) is 4. The molecule has 2 rings (SSSR count). The van der Waals surface area contributed by atoms with Crippen LogP contribution in [0.3, 0.4) is 0 Å². The maximum atomic E-state index is 12.1. The third-order valence-electron chi connectivity index (χ3n) is 3.67. The third kappa shape index (κ3) is 6.96. The molecule has 1 aliphatic heterocycles. The third-order valence-corrected chi connectivity index (χ3v) is 3.92. The Kier molecular flexibility index (Phi) is 9.33. The molecule has 0 unspecified atom stereocenters. The van der Waals surface area contributed by atoms with E-state index in [1.165, 1.54) is 0 Å². The van der Waals surface area contributed by atoms with Crippen LogP contribution in [-0.4, -0.2) is 49.8 Å². The van der Waals surface area contributed by atoms with Gasteiger partial charge in [-0.3, -0.25) is 4.79 Å². The number of benzene rings is 1. The average molecular weight is 363 g/mol. The van der Waals surface area contributed by atoms with Gasteiger partial charge in [0.25, 0.3) is 5.91 Å². The summed E-state index contributed by atoms with van der Waals surface area (Å²) in [7, 11) is 0. The fourth-order valence-electron chi connectivity index (χ4n) is 2.37. The lowest BCUT2D eigenvalue weighted by Crippen LogP contribution is -2.43. The minimum absolute atomic E-state index is 0. The lowest BCUT2D eigenvalue weighted by Gasteiger charge is -2.31. The zero-order valence-electron chi connectivity index (χ0n) is 13.1. The standard InChI is InChI=1S/C16H23ClN2O3.ClH/c17-13-2-4-14(5-3-13)22-12-16(20)19-9-6-15(7-10-19)21-11-1-8-18;/h2-5,15H,1,6-12,18H2;1H. The first-order valence-electron chi connectivity index (χ1n) is 7.67. The largest absolute Gasteiger partial charge is 0.484 e. The van der Waals surface area contributed by atoms with E-state index in [1.54, 1.807) is 24.3 Å². The van der Waals surface area contributed by atoms with E-state index in [-0.39, 0.29) is 31.0 Å². The SMILES string of the molecule is Cl.NCCCOC1CCN(C(=O)COc2ccc(Cl)cc2)CC1. The van der Waals surface area contributed by atoms with Crippen LogP contribution in [0.15, 0.2) is 24.3 Å². The molecule has 0 bridgehead atoms. The highest BCUT2D eigenvalue weighted by Crippen LogP contribution is 2.17. The maximum absolute atomic E-state index is 12.1. The van der Waals surface area contributed by atoms with Gasteiger partial charge in [0.2, 0.25) is 0 Å². The van der Waals surface area contributed by atoms with Crippen LogP contribution in [-0.2, 0) is 9.53 Å². The van der Waals surface area contributed by atoms with Crippen LogP contribution in [0.1, 0.15) is 19.3 Å². The number of ether oxygens (including phenoxy) is 2. The highest BCUT2D eigenvalue weighted by Gasteiger charge is 2.23. The van der Waals surface area contributed by atoms with Crippen molar-refractivity contribution in [2.24, 2.45) is 5.73 Å². The van der Waals surface area contributed by atoms with Crippen LogP contribution in [0.5, 0.6) is 5.75 Å². The number of likely N-dealkylation sites (tertiary alicyclic amines) is 1. The zero-order valence-corrected chi connectivity index (χ0v) is 14.7. The fraction of sp³-hybridized carbons (Fsp3) is 0.562. The summed E-state index contributed by atoms with van der Waals surface area (Å²) in [5.74, 6) is 0.660. The van der Waals surface area contributed by atoms with Crippen molar-refractivity contribution in [2.75, 3.05) is 32.8 Å². The van der Waals surface area contributed by atoms with Crippen LogP contribution in [0.4, 0.5) is 0 Å². The van der Waals surface area contributed by atoms with Crippen molar-refractivity contribution in [1.29, 1.82) is 0 Å². The lowest BCUT2D eigenvalue weighted by atomic mass is 10.1. The van der Waals surface area contributed by atoms with E-state index in [0.717, 1.165) is 32.4 Å². The highest BCUT2D eigenvalue weighted by molar-refractivity contribution is 6.30. The van der Waals surface area contributed by atoms with Crippen LogP contribution in [0.25, 0.3) is 0 Å². The Morgan fingerprint density at radius 3 is 2.52 bits per heavy atom. The van der Waals surface area contributed by atoms with Crippen LogP contribution in [0, 0.1) is 0 Å². The van der Waals surface area contributed by atoms with Gasteiger partial charge >= 0.3 is 0 Å². The molecule has 0 spiro atoms. The van der Waals surface area contributed by atoms with Gasteiger partial charge < -0.3 is 20.1 Å². The number of halogens is 2. The molecule has 1 aliphatic rings. The highest BCUT2D eigenvalue weighted by atomic mass is 35.5. The van der Waals surface area contributed by atoms with Crippen molar-refractivity contribution in [3.63, 3.8) is 0 Å². The quantitative estimate of drug-likeness (QED) is 0.756. The summed E-state index contributed by atoms with van der Waals surface area (Å²) < 4.78 is 11.2. The predicted octanol–water partition coefficient (Wildman–Crippen LogP) is 2.50. The molecule has 1 aromatic carbocycles. The van der Waals surface area contributed by atoms with E-state index in [0.29, 0.717) is 23.9 Å². The summed E-state index contributed by atoms with van der Waals surface area (Å²) in [6.45, 7) is 2.85. The van der Waals surface area contributed by atoms with Gasteiger partial charge in [-0.15, -0.1) is 12.4 Å². The van der Waals surface area contributed by atoms with Crippen molar-refractivity contribution < 1.29 is 14.3 Å². The number of piperidine rings is 1. The molecule has 1 aromatic rings. The van der Waals surface area contributed by atoms with Gasteiger partial charge in [0.1, 0.15) is 5.75 Å². The van der Waals surface area contributed by atoms with E-state index in [9.17, 15) is 4.79 Å². The summed E-state index contributed by atoms with van der Waals surface area (Å²) in [6.07, 6.45) is 2.87. The zero-order chi connectivity index (χ0) is 15.8. The van der Waals surface area contributed by atoms with E-state index in [1.807, 2.05) is 4.90 Å². The van der Waals surface area contributed by atoms with Gasteiger partial charge in [-0.2, -0.15) is 0 Å². The molecule has 23 heavy (non-hydrogen) atoms. The second kappa shape index (κ2) is 10.7. The molecule has 0 atom stereocenters. The summed E-state index contributed by atoms with van der Waals surface area (Å²) in [6, 6.07) is 7.00. The fourth-order valence-corrected chi connectivity index (χ4v) is 2.50. The van der Waals surface area contributed by atoms with Gasteiger partial charge in [-0.1, -0.05) is 11.6 Å². The van der Waals surface area contributed by atoms with Crippen LogP contribution < -0.4 is 10.5 Å². The number of amides is 1. The Morgan fingerprint density at radius 2 is 1.91 bits per heavy atom. The molecule has 1 amide bonds. The van der Waals surface area contributed by atoms with Crippen molar-refractivity contribution in [3.8, 4) is 5.75 Å². The predicted molar refractivity (Wildman–Crippen MR) is 93.4 cm³/mol. The topological polar surface area (TPSA) is 64.8 Å². The summed E-state index contributed by atoms with van der Waals surface area (Å²) in [4.78, 5) is 14.0. The van der Waals surface area contributed by atoms with Crippen molar-refractivity contribution >= 4 is 29.9 Å². The molecule has 0 radical (unpaired) electrons. The first-order valence-corrected chi connectivity index (χ1v) is 8.04. The second-order valence-electron chi connectivity index (χ2n) is 5.34. The monoisotopic (exact) mass is 362 g/mol. The average Bonchev–Trinajstić information content (AvgIpc) is 2.55. The van der Waals surface area contributed by atoms with E-state index < -0.39 is 0 Å². The molecule has 7 heteroatoms. The van der Waals surface area contributed by atoms with Crippen molar-refractivity contribution in [2.45, 2.75) is 25.4 Å². The number of carbonyl (C=O) groups excluding carboxylic acids is 1. The molecule has 5 nitrogen and oxygen atoms in total. The minimum Gasteiger partial charge on any atom is -0.484 e. The molecule has 0 aliphatic carbocycles. The first kappa shape index (κ1) is 20.0. The minimum atomic E-state index is 0. The Balaban J connectivity index is 0.00000264. The smallest absolute Gasteiger partial charge is 0.260 e. The molecular weight excluding hydrogens is 339 g/mol. The van der Waals surface area contributed by atoms with Gasteiger partial charge in [0.15, 0.2) is 6.61 Å². The number of nitrogens with zero attached hydrogens (tertiary/aromatic N) is 1. The number of hydrogen-bond donors (Lipinski definition) is 1. The summed E-state index contributed by atoms with van der Waals surface area (Å²) in [5, 5.41) is 0.649. The second-order valence-corrected chi connectivity index (χ2v) is 5.77. The number of rotatable bonds is 7. The summed E-state index contributed by atoms with van der Waals surface area (Å²) >= 11 is 5.81. The molecule has 130 valence electrons. The normalized spacial score (nSPS) is 15.1. The van der Waals surface area contributed by atoms with Crippen LogP contribution >= 0.6 is 24.0 Å². The number of carbonyl (C=O) groups is 1. The summed E-state index contributed by atoms with van der Waals surface area (Å²) in [5.41, 5.74) is 5.44. The van der Waals surface area contributed by atoms with E-state index >= 15 is 0 Å². The molecule has 1 saturated heterocycles. The maximum Gasteiger partial charge on any atom is 0.260 e. The molecule has 2 N–H and O–H groups in total. The first-order chi connectivity index (χ1) is 10.7. The Labute approximate surface area is 148 Å². The van der Waals surface area contributed by atoms with Crippen molar-refractivity contribution in [1.82, 2.24) is 4.90 Å². The Hall–Kier alpha value is -1.01. The van der Waals surface area contributed by atoms with Crippen LogP contribution in [0.2, 0.25) is 5.02 Å². The molecule has 0 saturated carbocycles. The molecule has 1 heterocycles. The molecule has 1 fully saturated rings. The van der Waals surface area contributed by atoms with E-state index in [2.05, 4.69) is 0 Å². The number of nitrogens with two attached hydrogens (primary N) is 1. The van der Waals surface area contributed by atoms with Gasteiger partial charge in [-0.25, -0.2) is 0 Å². The Morgan fingerprint density at radius 1 is 1.26 bits per heavy atom. The van der Waals surface area contributed by atoms with Gasteiger partial charge in [0, 0.05) is 24.7 Å². The molecule has 0 aromatic heterocycles. The Bertz CT molecular complexity index is 463. The van der Waals surface area contributed by atoms with Gasteiger partial charge in [0.05, 0.1) is 6.10 Å². The van der Waals surface area contributed by atoms with E-state index in [4.69, 9.17) is 26.8 Å².